The Morgan fingerprint density at radius 2 is 1.19 bits per heavy atom. The standard InChI is InChI=1S/C65H62N5O.Pt/c1-62(2,3)46-25-27-53(56(37-46)65(10,11)12)45-30-31-67-61(33-45)70-57-29-24-44(43-22-20-42(40-66)21-23-43)32-55(57)54-28-26-52(39-60(54)70)71-51-17-15-16-49(38-51)68-41-69(59-19-14-13-18-58(59)68)50-35-47(63(4,5)6)34-48(36-50)64(7,8)9;/h13-37,41H,1-12H3;/q-3;. The Morgan fingerprint density at radius 1 is 0.542 bits per heavy atom. The molecule has 0 amide bonds. The van der Waals surface area contributed by atoms with Gasteiger partial charge in [-0.3, -0.25) is 0 Å². The summed E-state index contributed by atoms with van der Waals surface area (Å²) in [7, 11) is 0. The van der Waals surface area contributed by atoms with Gasteiger partial charge in [-0.05, 0) is 126 Å². The van der Waals surface area contributed by atoms with E-state index in [0.29, 0.717) is 17.1 Å². The summed E-state index contributed by atoms with van der Waals surface area (Å²) in [5, 5.41) is 11.6. The maximum Gasteiger partial charge on any atom is 0.136 e. The minimum absolute atomic E-state index is 0. The molecule has 0 aliphatic carbocycles. The Labute approximate surface area is 441 Å². The number of nitrogens with zero attached hydrogens (tertiary/aromatic N) is 5. The van der Waals surface area contributed by atoms with Gasteiger partial charge in [0.1, 0.15) is 5.82 Å². The van der Waals surface area contributed by atoms with Crippen molar-refractivity contribution >= 4 is 44.6 Å². The molecule has 0 unspecified atom stereocenters. The molecule has 0 fully saturated rings. The molecule has 7 heteroatoms. The molecule has 9 aromatic rings. The van der Waals surface area contributed by atoms with Gasteiger partial charge in [-0.1, -0.05) is 149 Å². The summed E-state index contributed by atoms with van der Waals surface area (Å²) < 4.78 is 8.96. The van der Waals surface area contributed by atoms with Crippen LogP contribution in [0.4, 0.5) is 22.7 Å². The van der Waals surface area contributed by atoms with E-state index >= 15 is 0 Å². The van der Waals surface area contributed by atoms with E-state index in [1.807, 2.05) is 48.7 Å². The molecule has 1 aliphatic heterocycles. The third-order valence-electron chi connectivity index (χ3n) is 13.8. The predicted octanol–water partition coefficient (Wildman–Crippen LogP) is 17.4. The average molecular weight is 1120 g/mol. The second-order valence-electron chi connectivity index (χ2n) is 23.1. The summed E-state index contributed by atoms with van der Waals surface area (Å²) in [6.07, 6.45) is 1.91. The zero-order chi connectivity index (χ0) is 50.2. The third kappa shape index (κ3) is 9.60. The van der Waals surface area contributed by atoms with Crippen molar-refractivity contribution in [3.63, 3.8) is 0 Å². The van der Waals surface area contributed by atoms with E-state index in [-0.39, 0.29) is 42.7 Å². The monoisotopic (exact) mass is 1120 g/mol. The number of aromatic nitrogens is 2. The molecule has 72 heavy (non-hydrogen) atoms. The number of para-hydroxylation sites is 2. The minimum Gasteiger partial charge on any atom is -0.509 e. The first-order chi connectivity index (χ1) is 33.6. The van der Waals surface area contributed by atoms with Gasteiger partial charge in [0.15, 0.2) is 0 Å². The Hall–Kier alpha value is -6.93. The van der Waals surface area contributed by atoms with E-state index in [9.17, 15) is 5.26 Å². The van der Waals surface area contributed by atoms with E-state index < -0.39 is 0 Å². The predicted molar refractivity (Wildman–Crippen MR) is 295 cm³/mol. The molecular formula is C65H62N5OPt-3. The van der Waals surface area contributed by atoms with Crippen LogP contribution < -0.4 is 14.5 Å². The minimum atomic E-state index is -0.0904. The molecule has 0 atom stereocenters. The number of anilines is 4. The van der Waals surface area contributed by atoms with Crippen LogP contribution in [0.15, 0.2) is 152 Å². The van der Waals surface area contributed by atoms with Crippen LogP contribution in [0.3, 0.4) is 0 Å². The van der Waals surface area contributed by atoms with Crippen LogP contribution in [0, 0.1) is 30.1 Å². The normalized spacial score (nSPS) is 13.0. The van der Waals surface area contributed by atoms with Gasteiger partial charge < -0.3 is 19.1 Å². The SMILES string of the molecule is CC(C)(C)c1cc(N2[CH-]N(c3[c-]c(Oc4[c-]c5c(cc4)c4cc(-c6ccc(C#N)cc6)ccc4n5-c4cc(-c5ccc(C(C)(C)C)cc5C(C)(C)C)ccn4)ccc3)c3ccccc32)cc(C(C)(C)C)c1.[Pt]. The molecular weight excluding hydrogens is 1060 g/mol. The number of hydrogen-bond donors (Lipinski definition) is 0. The fraction of sp³-hybridized carbons (Fsp3) is 0.246. The first kappa shape index (κ1) is 50.0. The Morgan fingerprint density at radius 3 is 1.85 bits per heavy atom. The fourth-order valence-corrected chi connectivity index (χ4v) is 9.61. The van der Waals surface area contributed by atoms with Crippen molar-refractivity contribution in [1.29, 1.82) is 5.26 Å². The van der Waals surface area contributed by atoms with E-state index in [4.69, 9.17) is 9.72 Å². The number of pyridine rings is 1. The fourth-order valence-electron chi connectivity index (χ4n) is 9.61. The molecule has 1 aliphatic rings. The molecule has 366 valence electrons. The van der Waals surface area contributed by atoms with Crippen molar-refractivity contribution < 1.29 is 25.8 Å². The van der Waals surface area contributed by atoms with Crippen LogP contribution in [0.25, 0.3) is 49.9 Å². The molecule has 10 rings (SSSR count). The molecule has 0 N–H and O–H groups in total. The van der Waals surface area contributed by atoms with Gasteiger partial charge in [0.25, 0.3) is 0 Å². The maximum absolute atomic E-state index is 9.50. The summed E-state index contributed by atoms with van der Waals surface area (Å²) in [6, 6.07) is 60.8. The summed E-state index contributed by atoms with van der Waals surface area (Å²) in [4.78, 5) is 9.55. The number of benzene rings is 7. The average Bonchev–Trinajstić information content (AvgIpc) is 3.88. The third-order valence-corrected chi connectivity index (χ3v) is 13.8. The Kier molecular flexibility index (Phi) is 12.9. The zero-order valence-electron chi connectivity index (χ0n) is 43.5. The molecule has 0 spiro atoms. The van der Waals surface area contributed by atoms with Crippen molar-refractivity contribution in [1.82, 2.24) is 9.55 Å². The largest absolute Gasteiger partial charge is 0.509 e. The topological polar surface area (TPSA) is 57.3 Å². The molecule has 2 aromatic heterocycles. The van der Waals surface area contributed by atoms with E-state index in [0.717, 1.165) is 67.1 Å². The van der Waals surface area contributed by atoms with E-state index in [1.165, 1.54) is 27.8 Å². The summed E-state index contributed by atoms with van der Waals surface area (Å²) >= 11 is 0. The van der Waals surface area contributed by atoms with Crippen LogP contribution in [0.1, 0.15) is 111 Å². The maximum atomic E-state index is 9.50. The molecule has 7 aromatic carbocycles. The van der Waals surface area contributed by atoms with Gasteiger partial charge in [-0.25, -0.2) is 4.98 Å². The van der Waals surface area contributed by atoms with Crippen LogP contribution in [0.5, 0.6) is 11.5 Å². The van der Waals surface area contributed by atoms with Gasteiger partial charge in [0.2, 0.25) is 0 Å². The van der Waals surface area contributed by atoms with Crippen LogP contribution in [-0.2, 0) is 42.7 Å². The van der Waals surface area contributed by atoms with Gasteiger partial charge in [0.05, 0.1) is 11.6 Å². The van der Waals surface area contributed by atoms with Gasteiger partial charge in [-0.15, -0.1) is 48.1 Å². The van der Waals surface area contributed by atoms with E-state index in [1.54, 1.807) is 0 Å². The van der Waals surface area contributed by atoms with Gasteiger partial charge in [0, 0.05) is 61.3 Å². The molecule has 0 radical (unpaired) electrons. The smallest absolute Gasteiger partial charge is 0.136 e. The van der Waals surface area contributed by atoms with Crippen LogP contribution in [0.2, 0.25) is 0 Å². The first-order valence-electron chi connectivity index (χ1n) is 24.7. The van der Waals surface area contributed by atoms with Crippen LogP contribution >= 0.6 is 0 Å². The molecule has 0 bridgehead atoms. The summed E-state index contributed by atoms with van der Waals surface area (Å²) in [5.41, 5.74) is 16.1. The number of ether oxygens (including phenoxy) is 1. The number of rotatable bonds is 7. The van der Waals surface area contributed by atoms with Crippen molar-refractivity contribution in [2.45, 2.75) is 105 Å². The summed E-state index contributed by atoms with van der Waals surface area (Å²) in [6.45, 7) is 29.5. The number of hydrogen-bond acceptors (Lipinski definition) is 5. The van der Waals surface area contributed by atoms with E-state index in [2.05, 4.69) is 225 Å². The second kappa shape index (κ2) is 18.6. The van der Waals surface area contributed by atoms with Crippen molar-refractivity contribution in [3.8, 4) is 45.6 Å². The zero-order valence-corrected chi connectivity index (χ0v) is 45.7. The quantitative estimate of drug-likeness (QED) is 0.149. The van der Waals surface area contributed by atoms with Gasteiger partial charge >= 0.3 is 0 Å². The number of nitriles is 1. The molecule has 0 saturated carbocycles. The number of fused-ring (bicyclic) bond motifs is 4. The Balaban J connectivity index is 0.00000640. The summed E-state index contributed by atoms with van der Waals surface area (Å²) in [5.74, 6) is 1.92. The van der Waals surface area contributed by atoms with Gasteiger partial charge in [-0.2, -0.15) is 17.4 Å². The van der Waals surface area contributed by atoms with Crippen molar-refractivity contribution in [3.05, 3.63) is 198 Å². The van der Waals surface area contributed by atoms with Crippen molar-refractivity contribution in [2.24, 2.45) is 0 Å². The molecule has 0 saturated heterocycles. The van der Waals surface area contributed by atoms with Crippen molar-refractivity contribution in [2.75, 3.05) is 9.80 Å². The second-order valence-corrected chi connectivity index (χ2v) is 23.1. The molecule has 6 nitrogen and oxygen atoms in total. The Bertz CT molecular complexity index is 3520. The molecule has 3 heterocycles. The first-order valence-corrected chi connectivity index (χ1v) is 24.7. The van der Waals surface area contributed by atoms with Crippen LogP contribution in [-0.4, -0.2) is 9.55 Å².